The zero-order valence-electron chi connectivity index (χ0n) is 14.9. The van der Waals surface area contributed by atoms with Crippen molar-refractivity contribution in [3.63, 3.8) is 0 Å². The molecule has 0 atom stereocenters. The molecule has 0 spiro atoms. The topological polar surface area (TPSA) is 37.3 Å². The number of hydrogen-bond acceptors (Lipinski definition) is 5. The van der Waals surface area contributed by atoms with Crippen LogP contribution in [0.25, 0.3) is 0 Å². The van der Waals surface area contributed by atoms with E-state index < -0.39 is 0 Å². The molecule has 2 aromatic carbocycles. The van der Waals surface area contributed by atoms with Gasteiger partial charge in [-0.15, -0.1) is 0 Å². The van der Waals surface area contributed by atoms with Crippen LogP contribution in [-0.4, -0.2) is 56.5 Å². The van der Waals surface area contributed by atoms with Crippen LogP contribution in [0.5, 0.6) is 11.5 Å². The molecule has 1 heterocycles. The number of ether oxygens (including phenoxy) is 2. The molecular weight excluding hydrogens is 314 g/mol. The monoisotopic (exact) mass is 339 g/mol. The number of benzene rings is 2. The molecular formula is C20H25N3O2. The van der Waals surface area contributed by atoms with Crippen molar-refractivity contribution in [2.75, 3.05) is 40.4 Å². The Morgan fingerprint density at radius 2 is 1.72 bits per heavy atom. The maximum atomic E-state index is 5.41. The minimum atomic E-state index is 0.769. The van der Waals surface area contributed by atoms with Crippen LogP contribution in [0, 0.1) is 0 Å². The van der Waals surface area contributed by atoms with Gasteiger partial charge in [0.25, 0.3) is 0 Å². The van der Waals surface area contributed by atoms with Crippen molar-refractivity contribution in [3.05, 3.63) is 59.7 Å². The highest BCUT2D eigenvalue weighted by molar-refractivity contribution is 5.83. The van der Waals surface area contributed by atoms with Gasteiger partial charge < -0.3 is 9.47 Å². The summed E-state index contributed by atoms with van der Waals surface area (Å²) in [5.74, 6) is 1.55. The van der Waals surface area contributed by atoms with Gasteiger partial charge in [-0.05, 0) is 17.7 Å². The van der Waals surface area contributed by atoms with E-state index in [1.807, 2.05) is 24.4 Å². The fraction of sp³-hybridized carbons (Fsp3) is 0.350. The number of methoxy groups -OCH3 is 2. The maximum absolute atomic E-state index is 5.41. The van der Waals surface area contributed by atoms with Gasteiger partial charge in [0.2, 0.25) is 0 Å². The van der Waals surface area contributed by atoms with Gasteiger partial charge in [-0.3, -0.25) is 9.91 Å². The van der Waals surface area contributed by atoms with E-state index in [2.05, 4.69) is 45.3 Å². The first-order valence-electron chi connectivity index (χ1n) is 8.56. The van der Waals surface area contributed by atoms with Crippen LogP contribution >= 0.6 is 0 Å². The first kappa shape index (κ1) is 17.3. The Morgan fingerprint density at radius 1 is 0.960 bits per heavy atom. The Balaban J connectivity index is 1.54. The van der Waals surface area contributed by atoms with Crippen LogP contribution in [0.3, 0.4) is 0 Å². The smallest absolute Gasteiger partial charge is 0.131 e. The Kier molecular flexibility index (Phi) is 5.90. The van der Waals surface area contributed by atoms with E-state index in [0.29, 0.717) is 0 Å². The highest BCUT2D eigenvalue weighted by atomic mass is 16.5. The second kappa shape index (κ2) is 8.53. The Bertz CT molecular complexity index is 695. The number of hydrogen-bond donors (Lipinski definition) is 0. The fourth-order valence-corrected chi connectivity index (χ4v) is 2.92. The first-order chi connectivity index (χ1) is 12.3. The molecule has 0 bridgehead atoms. The number of nitrogens with zero attached hydrogens (tertiary/aromatic N) is 3. The third-order valence-corrected chi connectivity index (χ3v) is 4.40. The van der Waals surface area contributed by atoms with Gasteiger partial charge in [-0.25, -0.2) is 0 Å². The van der Waals surface area contributed by atoms with E-state index in [4.69, 9.17) is 9.47 Å². The summed E-state index contributed by atoms with van der Waals surface area (Å²) in [5.41, 5.74) is 2.32. The Labute approximate surface area is 149 Å². The van der Waals surface area contributed by atoms with Gasteiger partial charge in [0.1, 0.15) is 11.5 Å². The molecule has 0 saturated carbocycles. The molecule has 5 heteroatoms. The summed E-state index contributed by atoms with van der Waals surface area (Å²) in [6.45, 7) is 4.91. The zero-order valence-corrected chi connectivity index (χ0v) is 14.9. The zero-order chi connectivity index (χ0) is 17.5. The molecule has 0 N–H and O–H groups in total. The minimum Gasteiger partial charge on any atom is -0.497 e. The van der Waals surface area contributed by atoms with Gasteiger partial charge in [-0.2, -0.15) is 5.10 Å². The lowest BCUT2D eigenvalue weighted by Crippen LogP contribution is -2.43. The van der Waals surface area contributed by atoms with E-state index in [9.17, 15) is 0 Å². The first-order valence-corrected chi connectivity index (χ1v) is 8.56. The number of piperazine rings is 1. The normalized spacial score (nSPS) is 15.5. The van der Waals surface area contributed by atoms with Crippen LogP contribution in [0.15, 0.2) is 53.6 Å². The van der Waals surface area contributed by atoms with E-state index in [0.717, 1.165) is 49.8 Å². The standard InChI is InChI=1S/C20H25N3O2/c1-24-19-9-8-18(20(14-19)25-2)15-21-23-12-10-22(11-13-23)16-17-6-4-3-5-7-17/h3-9,14-15H,10-13,16H2,1-2H3/b21-15-. The average Bonchev–Trinajstić information content (AvgIpc) is 2.68. The fourth-order valence-electron chi connectivity index (χ4n) is 2.92. The van der Waals surface area contributed by atoms with Gasteiger partial charge in [-0.1, -0.05) is 30.3 Å². The molecule has 25 heavy (non-hydrogen) atoms. The largest absolute Gasteiger partial charge is 0.497 e. The quantitative estimate of drug-likeness (QED) is 0.759. The van der Waals surface area contributed by atoms with Crippen LogP contribution in [0.1, 0.15) is 11.1 Å². The molecule has 2 aromatic rings. The second-order valence-corrected chi connectivity index (χ2v) is 6.07. The van der Waals surface area contributed by atoms with Crippen molar-refractivity contribution in [1.82, 2.24) is 9.91 Å². The van der Waals surface area contributed by atoms with Crippen LogP contribution < -0.4 is 9.47 Å². The highest BCUT2D eigenvalue weighted by Gasteiger charge is 2.15. The minimum absolute atomic E-state index is 0.769. The molecule has 0 amide bonds. The van der Waals surface area contributed by atoms with Crippen molar-refractivity contribution in [3.8, 4) is 11.5 Å². The lowest BCUT2D eigenvalue weighted by molar-refractivity contribution is 0.131. The van der Waals surface area contributed by atoms with Crippen molar-refractivity contribution in [1.29, 1.82) is 0 Å². The number of hydrazone groups is 1. The summed E-state index contributed by atoms with van der Waals surface area (Å²) < 4.78 is 10.6. The average molecular weight is 339 g/mol. The van der Waals surface area contributed by atoms with E-state index in [1.54, 1.807) is 14.2 Å². The lowest BCUT2D eigenvalue weighted by Gasteiger charge is -2.33. The van der Waals surface area contributed by atoms with E-state index in [1.165, 1.54) is 5.56 Å². The van der Waals surface area contributed by atoms with Crippen LogP contribution in [0.2, 0.25) is 0 Å². The molecule has 1 saturated heterocycles. The molecule has 1 aliphatic heterocycles. The SMILES string of the molecule is COc1ccc(/C=N\N2CCN(Cc3ccccc3)CC2)c(OC)c1. The van der Waals surface area contributed by atoms with Gasteiger partial charge >= 0.3 is 0 Å². The summed E-state index contributed by atoms with van der Waals surface area (Å²) in [4.78, 5) is 2.47. The van der Waals surface area contributed by atoms with Crippen molar-refractivity contribution in [2.45, 2.75) is 6.54 Å². The predicted octanol–water partition coefficient (Wildman–Crippen LogP) is 2.86. The molecule has 5 nitrogen and oxygen atoms in total. The van der Waals surface area contributed by atoms with Gasteiger partial charge in [0.05, 0.1) is 20.4 Å². The summed E-state index contributed by atoms with van der Waals surface area (Å²) in [6, 6.07) is 16.4. The van der Waals surface area contributed by atoms with Gasteiger partial charge in [0, 0.05) is 44.4 Å². The summed E-state index contributed by atoms with van der Waals surface area (Å²) in [6.07, 6.45) is 1.87. The van der Waals surface area contributed by atoms with Crippen molar-refractivity contribution < 1.29 is 9.47 Å². The van der Waals surface area contributed by atoms with Gasteiger partial charge in [0.15, 0.2) is 0 Å². The molecule has 1 aliphatic rings. The molecule has 0 aliphatic carbocycles. The second-order valence-electron chi connectivity index (χ2n) is 6.07. The maximum Gasteiger partial charge on any atom is 0.131 e. The lowest BCUT2D eigenvalue weighted by atomic mass is 10.2. The van der Waals surface area contributed by atoms with Crippen molar-refractivity contribution in [2.24, 2.45) is 5.10 Å². The summed E-state index contributed by atoms with van der Waals surface area (Å²) in [7, 11) is 3.31. The van der Waals surface area contributed by atoms with Crippen LogP contribution in [-0.2, 0) is 6.54 Å². The van der Waals surface area contributed by atoms with Crippen molar-refractivity contribution >= 4 is 6.21 Å². The van der Waals surface area contributed by atoms with E-state index >= 15 is 0 Å². The predicted molar refractivity (Wildman–Crippen MR) is 100 cm³/mol. The summed E-state index contributed by atoms with van der Waals surface area (Å²) in [5, 5.41) is 6.74. The molecule has 132 valence electrons. The van der Waals surface area contributed by atoms with Crippen LogP contribution in [0.4, 0.5) is 0 Å². The molecule has 3 rings (SSSR count). The molecule has 0 radical (unpaired) electrons. The summed E-state index contributed by atoms with van der Waals surface area (Å²) >= 11 is 0. The third-order valence-electron chi connectivity index (χ3n) is 4.40. The molecule has 0 aromatic heterocycles. The third kappa shape index (κ3) is 4.73. The number of rotatable bonds is 6. The Hall–Kier alpha value is -2.53. The Morgan fingerprint density at radius 3 is 2.40 bits per heavy atom. The highest BCUT2D eigenvalue weighted by Crippen LogP contribution is 2.23. The molecule has 0 unspecified atom stereocenters. The molecule has 1 fully saturated rings. The van der Waals surface area contributed by atoms with E-state index in [-0.39, 0.29) is 0 Å².